The summed E-state index contributed by atoms with van der Waals surface area (Å²) in [6.45, 7) is 0. The van der Waals surface area contributed by atoms with Crippen molar-refractivity contribution in [1.82, 2.24) is 4.98 Å². The molecule has 0 aromatic carbocycles. The zero-order chi connectivity index (χ0) is 10.1. The Morgan fingerprint density at radius 3 is 2.86 bits per heavy atom. The highest BCUT2D eigenvalue weighted by atomic mass is 127. The maximum absolute atomic E-state index is 10.8. The summed E-state index contributed by atoms with van der Waals surface area (Å²) >= 11 is 1.97. The molecule has 4 nitrogen and oxygen atoms in total. The van der Waals surface area contributed by atoms with Gasteiger partial charge in [0, 0.05) is 6.20 Å². The van der Waals surface area contributed by atoms with Gasteiger partial charge in [0.15, 0.2) is 5.75 Å². The summed E-state index contributed by atoms with van der Waals surface area (Å²) in [6, 6.07) is 0. The lowest BCUT2D eigenvalue weighted by atomic mass is 10.3. The number of carboxylic acids is 1. The van der Waals surface area contributed by atoms with E-state index in [0.717, 1.165) is 12.8 Å². The molecule has 0 bridgehead atoms. The third-order valence-electron chi connectivity index (χ3n) is 1.90. The molecule has 0 atom stereocenters. The molecule has 1 aliphatic rings. The fraction of sp³-hybridized carbons (Fsp3) is 0.333. The number of aromatic carboxylic acids is 1. The van der Waals surface area contributed by atoms with Crippen molar-refractivity contribution in [1.29, 1.82) is 0 Å². The van der Waals surface area contributed by atoms with Crippen molar-refractivity contribution in [2.24, 2.45) is 0 Å². The van der Waals surface area contributed by atoms with E-state index in [4.69, 9.17) is 9.84 Å². The fourth-order valence-electron chi connectivity index (χ4n) is 1.02. The van der Waals surface area contributed by atoms with Crippen LogP contribution in [-0.2, 0) is 0 Å². The second-order valence-corrected chi connectivity index (χ2v) is 4.20. The van der Waals surface area contributed by atoms with Crippen LogP contribution in [0.25, 0.3) is 0 Å². The Bertz CT molecular complexity index is 376. The molecule has 0 unspecified atom stereocenters. The van der Waals surface area contributed by atoms with Gasteiger partial charge in [0.1, 0.15) is 0 Å². The Morgan fingerprint density at radius 2 is 2.29 bits per heavy atom. The Labute approximate surface area is 94.4 Å². The first-order valence-electron chi connectivity index (χ1n) is 4.22. The van der Waals surface area contributed by atoms with Crippen molar-refractivity contribution >= 4 is 28.6 Å². The highest BCUT2D eigenvalue weighted by Gasteiger charge is 2.25. The predicted molar refractivity (Wildman–Crippen MR) is 57.6 cm³/mol. The Balaban J connectivity index is 2.30. The van der Waals surface area contributed by atoms with Gasteiger partial charge in [0.05, 0.1) is 21.4 Å². The van der Waals surface area contributed by atoms with Crippen LogP contribution in [0.15, 0.2) is 12.4 Å². The number of hydrogen-bond acceptors (Lipinski definition) is 3. The van der Waals surface area contributed by atoms with Crippen molar-refractivity contribution in [3.8, 4) is 5.75 Å². The van der Waals surface area contributed by atoms with Crippen LogP contribution >= 0.6 is 22.6 Å². The number of halogens is 1. The topological polar surface area (TPSA) is 59.4 Å². The Hall–Kier alpha value is -0.850. The molecule has 1 aromatic rings. The van der Waals surface area contributed by atoms with Gasteiger partial charge in [-0.1, -0.05) is 0 Å². The largest absolute Gasteiger partial charge is 0.488 e. The van der Waals surface area contributed by atoms with Gasteiger partial charge >= 0.3 is 5.97 Å². The molecule has 1 aromatic heterocycles. The lowest BCUT2D eigenvalue weighted by molar-refractivity contribution is 0.0694. The summed E-state index contributed by atoms with van der Waals surface area (Å²) in [5, 5.41) is 8.84. The predicted octanol–water partition coefficient (Wildman–Crippen LogP) is 1.93. The van der Waals surface area contributed by atoms with Crippen LogP contribution in [0.5, 0.6) is 5.75 Å². The monoisotopic (exact) mass is 305 g/mol. The summed E-state index contributed by atoms with van der Waals surface area (Å²) in [5.74, 6) is -0.392. The van der Waals surface area contributed by atoms with E-state index >= 15 is 0 Å². The molecular weight excluding hydrogens is 297 g/mol. The molecule has 1 N–H and O–H groups in total. The molecule has 1 aliphatic carbocycles. The molecule has 2 rings (SSSR count). The number of hydrogen-bond donors (Lipinski definition) is 1. The number of ether oxygens (including phenoxy) is 1. The molecule has 14 heavy (non-hydrogen) atoms. The van der Waals surface area contributed by atoms with Gasteiger partial charge in [-0.15, -0.1) is 0 Å². The molecule has 0 aliphatic heterocycles. The zero-order valence-corrected chi connectivity index (χ0v) is 9.39. The number of carboxylic acid groups (broad SMARTS) is 1. The third-order valence-corrected chi connectivity index (χ3v) is 3.01. The quantitative estimate of drug-likeness (QED) is 0.867. The van der Waals surface area contributed by atoms with Gasteiger partial charge in [0.2, 0.25) is 0 Å². The van der Waals surface area contributed by atoms with Gasteiger partial charge in [0.25, 0.3) is 0 Å². The average molecular weight is 305 g/mol. The van der Waals surface area contributed by atoms with Crippen LogP contribution in [0.3, 0.4) is 0 Å². The summed E-state index contributed by atoms with van der Waals surface area (Å²) in [5.41, 5.74) is 0.198. The molecule has 0 amide bonds. The van der Waals surface area contributed by atoms with E-state index in [1.165, 1.54) is 6.20 Å². The number of pyridine rings is 1. The average Bonchev–Trinajstić information content (AvgIpc) is 2.92. The summed E-state index contributed by atoms with van der Waals surface area (Å²) < 4.78 is 6.14. The van der Waals surface area contributed by atoms with E-state index in [1.54, 1.807) is 6.20 Å². The van der Waals surface area contributed by atoms with Crippen molar-refractivity contribution in [3.63, 3.8) is 0 Å². The van der Waals surface area contributed by atoms with Crippen LogP contribution in [0, 0.1) is 3.57 Å². The lowest BCUT2D eigenvalue weighted by Crippen LogP contribution is -2.05. The fourth-order valence-corrected chi connectivity index (χ4v) is 1.66. The molecule has 74 valence electrons. The number of nitrogens with zero attached hydrogens (tertiary/aromatic N) is 1. The van der Waals surface area contributed by atoms with Gasteiger partial charge in [-0.3, -0.25) is 4.98 Å². The van der Waals surface area contributed by atoms with Crippen molar-refractivity contribution in [2.45, 2.75) is 18.9 Å². The summed E-state index contributed by atoms with van der Waals surface area (Å²) in [7, 11) is 0. The van der Waals surface area contributed by atoms with Crippen molar-refractivity contribution in [2.75, 3.05) is 0 Å². The molecule has 0 radical (unpaired) electrons. The molecule has 0 saturated heterocycles. The van der Waals surface area contributed by atoms with E-state index < -0.39 is 5.97 Å². The van der Waals surface area contributed by atoms with E-state index in [0.29, 0.717) is 9.32 Å². The van der Waals surface area contributed by atoms with E-state index in [1.807, 2.05) is 22.6 Å². The normalized spacial score (nSPS) is 15.2. The van der Waals surface area contributed by atoms with E-state index in [-0.39, 0.29) is 11.7 Å². The summed E-state index contributed by atoms with van der Waals surface area (Å²) in [6.07, 6.45) is 5.26. The second-order valence-electron chi connectivity index (χ2n) is 3.12. The van der Waals surface area contributed by atoms with Gasteiger partial charge in [-0.25, -0.2) is 4.79 Å². The van der Waals surface area contributed by atoms with Crippen LogP contribution in [0.1, 0.15) is 23.2 Å². The first-order chi connectivity index (χ1) is 6.68. The van der Waals surface area contributed by atoms with Gasteiger partial charge in [-0.2, -0.15) is 0 Å². The number of aromatic nitrogens is 1. The maximum Gasteiger partial charge on any atom is 0.338 e. The Morgan fingerprint density at radius 1 is 1.57 bits per heavy atom. The highest BCUT2D eigenvalue weighted by Crippen LogP contribution is 2.30. The summed E-state index contributed by atoms with van der Waals surface area (Å²) in [4.78, 5) is 14.6. The number of rotatable bonds is 3. The second kappa shape index (κ2) is 3.72. The Kier molecular flexibility index (Phi) is 2.58. The van der Waals surface area contributed by atoms with Crippen LogP contribution in [-0.4, -0.2) is 22.2 Å². The highest BCUT2D eigenvalue weighted by molar-refractivity contribution is 14.1. The minimum Gasteiger partial charge on any atom is -0.488 e. The van der Waals surface area contributed by atoms with Gasteiger partial charge < -0.3 is 9.84 Å². The third kappa shape index (κ3) is 1.97. The number of carbonyl (C=O) groups is 1. The smallest absolute Gasteiger partial charge is 0.338 e. The minimum atomic E-state index is -0.969. The van der Waals surface area contributed by atoms with E-state index in [9.17, 15) is 4.79 Å². The molecule has 1 heterocycles. The van der Waals surface area contributed by atoms with Crippen molar-refractivity contribution in [3.05, 3.63) is 21.5 Å². The van der Waals surface area contributed by atoms with Crippen LogP contribution < -0.4 is 4.74 Å². The molecular formula is C9H8INO3. The zero-order valence-electron chi connectivity index (χ0n) is 7.24. The SMILES string of the molecule is O=C(O)c1cncc(OC2CC2)c1I. The molecule has 5 heteroatoms. The lowest BCUT2D eigenvalue weighted by Gasteiger charge is -2.07. The van der Waals surface area contributed by atoms with Crippen molar-refractivity contribution < 1.29 is 14.6 Å². The molecule has 1 fully saturated rings. The first-order valence-corrected chi connectivity index (χ1v) is 5.30. The molecule has 0 spiro atoms. The van der Waals surface area contributed by atoms with Gasteiger partial charge in [-0.05, 0) is 35.4 Å². The van der Waals surface area contributed by atoms with E-state index in [2.05, 4.69) is 4.98 Å². The van der Waals surface area contributed by atoms with Crippen LogP contribution in [0.2, 0.25) is 0 Å². The minimum absolute atomic E-state index is 0.198. The molecule has 1 saturated carbocycles. The first kappa shape index (κ1) is 9.70. The maximum atomic E-state index is 10.8. The standard InChI is InChI=1S/C9H8INO3/c10-8-6(9(12)13)3-11-4-7(8)14-5-1-2-5/h3-5H,1-2H2,(H,12,13). The van der Waals surface area contributed by atoms with Crippen LogP contribution in [0.4, 0.5) is 0 Å².